The van der Waals surface area contributed by atoms with Crippen molar-refractivity contribution in [3.05, 3.63) is 0 Å². The van der Waals surface area contributed by atoms with Gasteiger partial charge in [0.05, 0.1) is 12.1 Å². The average molecular weight is 239 g/mol. The predicted molar refractivity (Wildman–Crippen MR) is 61.2 cm³/mol. The minimum atomic E-state index is -0.466. The molecule has 0 aromatic carbocycles. The molecule has 0 aromatic rings. The van der Waals surface area contributed by atoms with Gasteiger partial charge in [0.2, 0.25) is 5.91 Å². The summed E-state index contributed by atoms with van der Waals surface area (Å²) in [6.07, 6.45) is 3.74. The van der Waals surface area contributed by atoms with Gasteiger partial charge in [-0.15, -0.1) is 0 Å². The van der Waals surface area contributed by atoms with Gasteiger partial charge in [-0.05, 0) is 12.8 Å². The largest absolute Gasteiger partial charge is 0.391 e. The highest BCUT2D eigenvalue weighted by Crippen LogP contribution is 2.18. The molecule has 94 valence electrons. The third-order valence-corrected chi connectivity index (χ3v) is 3.21. The Morgan fingerprint density at radius 1 is 1.35 bits per heavy atom. The van der Waals surface area contributed by atoms with Gasteiger partial charge in [0.15, 0.2) is 0 Å². The van der Waals surface area contributed by atoms with E-state index in [4.69, 9.17) is 0 Å². The standard InChI is InChI=1S/C11H17N3O3/c15-9-4-2-1-3-7(9)12-11(17)8-5-6-10(16)14-13-8/h7,9,15H,1-6H2,(H,12,17)(H,14,16). The molecule has 6 heteroatoms. The number of amides is 2. The Morgan fingerprint density at radius 2 is 2.12 bits per heavy atom. The smallest absolute Gasteiger partial charge is 0.267 e. The number of rotatable bonds is 2. The molecular weight excluding hydrogens is 222 g/mol. The van der Waals surface area contributed by atoms with E-state index in [-0.39, 0.29) is 17.9 Å². The molecule has 1 aliphatic carbocycles. The second kappa shape index (κ2) is 5.27. The highest BCUT2D eigenvalue weighted by Gasteiger charge is 2.27. The summed E-state index contributed by atoms with van der Waals surface area (Å²) in [7, 11) is 0. The minimum Gasteiger partial charge on any atom is -0.391 e. The van der Waals surface area contributed by atoms with Crippen LogP contribution in [0.25, 0.3) is 0 Å². The third-order valence-electron chi connectivity index (χ3n) is 3.21. The fraction of sp³-hybridized carbons (Fsp3) is 0.727. The Labute approximate surface area is 99.5 Å². The van der Waals surface area contributed by atoms with Crippen molar-refractivity contribution in [2.75, 3.05) is 0 Å². The van der Waals surface area contributed by atoms with Crippen LogP contribution in [0.3, 0.4) is 0 Å². The fourth-order valence-corrected chi connectivity index (χ4v) is 2.17. The molecular formula is C11H17N3O3. The Hall–Kier alpha value is -1.43. The van der Waals surface area contributed by atoms with E-state index >= 15 is 0 Å². The number of hydrogen-bond acceptors (Lipinski definition) is 4. The summed E-state index contributed by atoms with van der Waals surface area (Å²) in [5, 5.41) is 16.2. The summed E-state index contributed by atoms with van der Waals surface area (Å²) in [5.41, 5.74) is 2.62. The monoisotopic (exact) mass is 239 g/mol. The summed E-state index contributed by atoms with van der Waals surface area (Å²) >= 11 is 0. The van der Waals surface area contributed by atoms with E-state index in [1.54, 1.807) is 0 Å². The lowest BCUT2D eigenvalue weighted by Gasteiger charge is -2.28. The lowest BCUT2D eigenvalue weighted by molar-refractivity contribution is -0.121. The van der Waals surface area contributed by atoms with Crippen molar-refractivity contribution in [3.8, 4) is 0 Å². The van der Waals surface area contributed by atoms with E-state index in [2.05, 4.69) is 15.8 Å². The predicted octanol–water partition coefficient (Wildman–Crippen LogP) is -0.328. The van der Waals surface area contributed by atoms with Crippen molar-refractivity contribution in [2.45, 2.75) is 50.7 Å². The first-order chi connectivity index (χ1) is 8.16. The number of hydrogen-bond donors (Lipinski definition) is 3. The highest BCUT2D eigenvalue weighted by molar-refractivity contribution is 6.39. The van der Waals surface area contributed by atoms with Crippen molar-refractivity contribution in [3.63, 3.8) is 0 Å². The summed E-state index contributed by atoms with van der Waals surface area (Å²) in [4.78, 5) is 22.7. The number of carbonyl (C=O) groups is 2. The van der Waals surface area contributed by atoms with Crippen LogP contribution >= 0.6 is 0 Å². The summed E-state index contributed by atoms with van der Waals surface area (Å²) < 4.78 is 0. The summed E-state index contributed by atoms with van der Waals surface area (Å²) in [6, 6.07) is -0.184. The molecule has 2 amide bonds. The molecule has 1 fully saturated rings. The maximum Gasteiger partial charge on any atom is 0.267 e. The van der Waals surface area contributed by atoms with E-state index in [0.717, 1.165) is 25.7 Å². The number of aliphatic hydroxyl groups excluding tert-OH is 1. The Balaban J connectivity index is 1.90. The van der Waals surface area contributed by atoms with Crippen molar-refractivity contribution >= 4 is 17.5 Å². The third kappa shape index (κ3) is 3.03. The molecule has 0 saturated heterocycles. The molecule has 2 atom stereocenters. The first kappa shape index (κ1) is 12.0. The van der Waals surface area contributed by atoms with Crippen molar-refractivity contribution in [1.29, 1.82) is 0 Å². The first-order valence-electron chi connectivity index (χ1n) is 6.01. The molecule has 0 aromatic heterocycles. The molecule has 0 bridgehead atoms. The zero-order chi connectivity index (χ0) is 12.3. The molecule has 0 radical (unpaired) electrons. The second-order valence-electron chi connectivity index (χ2n) is 4.53. The van der Waals surface area contributed by atoms with Crippen LogP contribution in [0.5, 0.6) is 0 Å². The van der Waals surface area contributed by atoms with Gasteiger partial charge in [-0.1, -0.05) is 12.8 Å². The number of aliphatic hydroxyl groups is 1. The quantitative estimate of drug-likeness (QED) is 0.616. The van der Waals surface area contributed by atoms with E-state index in [9.17, 15) is 14.7 Å². The van der Waals surface area contributed by atoms with Crippen LogP contribution in [0.2, 0.25) is 0 Å². The molecule has 1 saturated carbocycles. The van der Waals surface area contributed by atoms with Gasteiger partial charge >= 0.3 is 0 Å². The maximum atomic E-state index is 11.8. The van der Waals surface area contributed by atoms with E-state index < -0.39 is 6.10 Å². The van der Waals surface area contributed by atoms with Crippen LogP contribution in [0, 0.1) is 0 Å². The van der Waals surface area contributed by atoms with Crippen molar-refractivity contribution in [2.24, 2.45) is 5.10 Å². The molecule has 2 rings (SSSR count). The van der Waals surface area contributed by atoms with Crippen molar-refractivity contribution < 1.29 is 14.7 Å². The fourth-order valence-electron chi connectivity index (χ4n) is 2.17. The van der Waals surface area contributed by atoms with E-state index in [1.807, 2.05) is 0 Å². The zero-order valence-electron chi connectivity index (χ0n) is 9.61. The van der Waals surface area contributed by atoms with Gasteiger partial charge < -0.3 is 10.4 Å². The molecule has 1 aliphatic heterocycles. The van der Waals surface area contributed by atoms with Gasteiger partial charge in [0, 0.05) is 12.8 Å². The molecule has 1 heterocycles. The van der Waals surface area contributed by atoms with Gasteiger partial charge in [0.25, 0.3) is 5.91 Å². The van der Waals surface area contributed by atoms with Crippen LogP contribution < -0.4 is 10.7 Å². The lowest BCUT2D eigenvalue weighted by atomic mass is 9.92. The highest BCUT2D eigenvalue weighted by atomic mass is 16.3. The Morgan fingerprint density at radius 3 is 2.76 bits per heavy atom. The topological polar surface area (TPSA) is 90.8 Å². The van der Waals surface area contributed by atoms with E-state index in [1.165, 1.54) is 0 Å². The van der Waals surface area contributed by atoms with Gasteiger partial charge in [0.1, 0.15) is 5.71 Å². The van der Waals surface area contributed by atoms with Crippen LogP contribution in [-0.4, -0.2) is 34.8 Å². The molecule has 3 N–H and O–H groups in total. The van der Waals surface area contributed by atoms with Crippen LogP contribution in [0.15, 0.2) is 5.10 Å². The lowest BCUT2D eigenvalue weighted by Crippen LogP contribution is -2.48. The second-order valence-corrected chi connectivity index (χ2v) is 4.53. The molecule has 6 nitrogen and oxygen atoms in total. The summed E-state index contributed by atoms with van der Waals surface area (Å²) in [5.74, 6) is -0.449. The normalized spacial score (nSPS) is 29.2. The first-order valence-corrected chi connectivity index (χ1v) is 6.01. The number of nitrogens with zero attached hydrogens (tertiary/aromatic N) is 1. The molecule has 2 aliphatic rings. The number of carbonyl (C=O) groups excluding carboxylic acids is 2. The molecule has 2 unspecified atom stereocenters. The van der Waals surface area contributed by atoms with Crippen LogP contribution in [0.4, 0.5) is 0 Å². The Kier molecular flexibility index (Phi) is 3.73. The minimum absolute atomic E-state index is 0.167. The maximum absolute atomic E-state index is 11.8. The number of nitrogens with one attached hydrogen (secondary N) is 2. The van der Waals surface area contributed by atoms with Gasteiger partial charge in [-0.25, -0.2) is 5.43 Å². The average Bonchev–Trinajstić information content (AvgIpc) is 2.33. The zero-order valence-corrected chi connectivity index (χ0v) is 9.61. The van der Waals surface area contributed by atoms with Gasteiger partial charge in [-0.2, -0.15) is 5.10 Å². The SMILES string of the molecule is O=C1CCC(C(=O)NC2CCCCC2O)=NN1. The van der Waals surface area contributed by atoms with Crippen LogP contribution in [0.1, 0.15) is 38.5 Å². The molecule has 17 heavy (non-hydrogen) atoms. The Bertz CT molecular complexity index is 354. The van der Waals surface area contributed by atoms with Crippen LogP contribution in [-0.2, 0) is 9.59 Å². The summed E-state index contributed by atoms with van der Waals surface area (Å²) in [6.45, 7) is 0. The van der Waals surface area contributed by atoms with Gasteiger partial charge in [-0.3, -0.25) is 9.59 Å². The number of hydrazone groups is 1. The van der Waals surface area contributed by atoms with Crippen molar-refractivity contribution in [1.82, 2.24) is 10.7 Å². The molecule has 0 spiro atoms. The van der Waals surface area contributed by atoms with E-state index in [0.29, 0.717) is 18.6 Å².